The zero-order valence-corrected chi connectivity index (χ0v) is 17.2. The summed E-state index contributed by atoms with van der Waals surface area (Å²) < 4.78 is 37.3. The highest BCUT2D eigenvalue weighted by molar-refractivity contribution is 7.91. The Morgan fingerprint density at radius 2 is 1.97 bits per heavy atom. The number of nitrogens with zero attached hydrogens (tertiary/aromatic N) is 4. The summed E-state index contributed by atoms with van der Waals surface area (Å²) in [6.07, 6.45) is 3.16. The number of imidazole rings is 1. The van der Waals surface area contributed by atoms with Gasteiger partial charge in [-0.2, -0.15) is 0 Å². The van der Waals surface area contributed by atoms with Crippen LogP contribution in [0.15, 0.2) is 35.6 Å². The molecule has 1 aromatic carbocycles. The molecule has 12 heteroatoms. The summed E-state index contributed by atoms with van der Waals surface area (Å²) in [4.78, 5) is 33.6. The van der Waals surface area contributed by atoms with Crippen molar-refractivity contribution in [3.63, 3.8) is 0 Å². The van der Waals surface area contributed by atoms with Gasteiger partial charge >= 0.3 is 0 Å². The fraction of sp³-hybridized carbons (Fsp3) is 0.368. The van der Waals surface area contributed by atoms with Gasteiger partial charge in [0.05, 0.1) is 23.9 Å². The zero-order valence-electron chi connectivity index (χ0n) is 16.4. The number of carbonyl (C=O) groups excluding carboxylic acids is 1. The number of nitrogens with one attached hydrogen (secondary N) is 1. The average Bonchev–Trinajstić information content (AvgIpc) is 3.33. The first-order chi connectivity index (χ1) is 14.9. The van der Waals surface area contributed by atoms with E-state index < -0.39 is 21.3 Å². The van der Waals surface area contributed by atoms with E-state index in [1.165, 1.54) is 17.2 Å². The van der Waals surface area contributed by atoms with Gasteiger partial charge in [-0.05, 0) is 18.6 Å². The van der Waals surface area contributed by atoms with Crippen LogP contribution in [0, 0.1) is 0 Å². The second-order valence-corrected chi connectivity index (χ2v) is 9.69. The highest BCUT2D eigenvalue weighted by Gasteiger charge is 2.30. The molecule has 1 unspecified atom stereocenters. The molecule has 162 valence electrons. The molecular weight excluding hydrogens is 426 g/mol. The number of amides is 1. The van der Waals surface area contributed by atoms with Gasteiger partial charge in [-0.3, -0.25) is 14.2 Å². The summed E-state index contributed by atoms with van der Waals surface area (Å²) >= 11 is 0. The lowest BCUT2D eigenvalue weighted by atomic mass is 10.2. The van der Waals surface area contributed by atoms with Crippen molar-refractivity contribution in [3.8, 4) is 11.5 Å². The lowest BCUT2D eigenvalue weighted by Crippen LogP contribution is -2.28. The molecular formula is C19H19N5O6S. The zero-order chi connectivity index (χ0) is 21.6. The van der Waals surface area contributed by atoms with Crippen LogP contribution in [0.3, 0.4) is 0 Å². The van der Waals surface area contributed by atoms with E-state index in [1.54, 1.807) is 22.8 Å². The van der Waals surface area contributed by atoms with Crippen LogP contribution in [-0.4, -0.2) is 58.1 Å². The molecule has 31 heavy (non-hydrogen) atoms. The first-order valence-electron chi connectivity index (χ1n) is 9.71. The second-order valence-electron chi connectivity index (χ2n) is 7.47. The van der Waals surface area contributed by atoms with E-state index in [1.807, 2.05) is 0 Å². The minimum absolute atomic E-state index is 0.00115. The number of aromatic nitrogens is 4. The van der Waals surface area contributed by atoms with Crippen LogP contribution in [0.2, 0.25) is 0 Å². The molecule has 1 fully saturated rings. The van der Waals surface area contributed by atoms with Crippen molar-refractivity contribution >= 4 is 32.6 Å². The first kappa shape index (κ1) is 19.5. The van der Waals surface area contributed by atoms with Gasteiger partial charge in [-0.25, -0.2) is 18.4 Å². The highest BCUT2D eigenvalue weighted by atomic mass is 32.2. The van der Waals surface area contributed by atoms with Crippen molar-refractivity contribution in [2.75, 3.05) is 30.0 Å². The monoisotopic (exact) mass is 445 g/mol. The third-order valence-electron chi connectivity index (χ3n) is 5.29. The Bertz CT molecular complexity index is 1350. The average molecular weight is 445 g/mol. The minimum atomic E-state index is -3.09. The van der Waals surface area contributed by atoms with Crippen molar-refractivity contribution < 1.29 is 22.7 Å². The molecule has 0 saturated carbocycles. The van der Waals surface area contributed by atoms with Crippen LogP contribution >= 0.6 is 0 Å². The lowest BCUT2D eigenvalue weighted by molar-refractivity contribution is -0.116. The quantitative estimate of drug-likeness (QED) is 0.608. The maximum Gasteiger partial charge on any atom is 0.281 e. The molecule has 11 nitrogen and oxygen atoms in total. The molecule has 2 aliphatic heterocycles. The van der Waals surface area contributed by atoms with E-state index in [0.29, 0.717) is 42.5 Å². The molecule has 1 amide bonds. The Morgan fingerprint density at radius 1 is 1.16 bits per heavy atom. The Balaban J connectivity index is 1.34. The molecule has 3 aromatic rings. The van der Waals surface area contributed by atoms with Crippen molar-refractivity contribution in [2.45, 2.75) is 19.0 Å². The predicted molar refractivity (Wildman–Crippen MR) is 110 cm³/mol. The predicted octanol–water partition coefficient (Wildman–Crippen LogP) is 0.362. The van der Waals surface area contributed by atoms with Gasteiger partial charge in [-0.1, -0.05) is 0 Å². The number of fused-ring (bicyclic) bond motifs is 2. The van der Waals surface area contributed by atoms with Gasteiger partial charge in [0.2, 0.25) is 5.91 Å². The molecule has 5 rings (SSSR count). The topological polar surface area (TPSA) is 134 Å². The van der Waals surface area contributed by atoms with Crippen molar-refractivity contribution in [2.24, 2.45) is 0 Å². The summed E-state index contributed by atoms with van der Waals surface area (Å²) in [5.41, 5.74) is 0.458. The van der Waals surface area contributed by atoms with Crippen LogP contribution in [0.5, 0.6) is 11.5 Å². The number of hydrogen-bond acceptors (Lipinski definition) is 8. The van der Waals surface area contributed by atoms with Crippen molar-refractivity contribution in [1.82, 2.24) is 19.1 Å². The summed E-state index contributed by atoms with van der Waals surface area (Å²) in [6.45, 7) is 0.662. The first-order valence-corrected chi connectivity index (χ1v) is 11.5. The van der Waals surface area contributed by atoms with E-state index in [-0.39, 0.29) is 29.6 Å². The Morgan fingerprint density at radius 3 is 2.74 bits per heavy atom. The molecule has 2 aromatic heterocycles. The molecule has 2 aliphatic rings. The van der Waals surface area contributed by atoms with Crippen molar-refractivity contribution in [1.29, 1.82) is 0 Å². The maximum atomic E-state index is 12.8. The van der Waals surface area contributed by atoms with E-state index in [9.17, 15) is 18.0 Å². The second kappa shape index (κ2) is 7.38. The van der Waals surface area contributed by atoms with E-state index in [4.69, 9.17) is 9.47 Å². The summed E-state index contributed by atoms with van der Waals surface area (Å²) in [5.74, 6) is 0.848. The molecule has 0 aliphatic carbocycles. The van der Waals surface area contributed by atoms with Crippen LogP contribution < -0.4 is 20.3 Å². The Hall–Kier alpha value is -3.41. The fourth-order valence-electron chi connectivity index (χ4n) is 3.80. The molecule has 4 heterocycles. The maximum absolute atomic E-state index is 12.8. The van der Waals surface area contributed by atoms with Crippen LogP contribution in [0.1, 0.15) is 12.5 Å². The summed E-state index contributed by atoms with van der Waals surface area (Å²) in [7, 11) is -3.09. The fourth-order valence-corrected chi connectivity index (χ4v) is 5.51. The van der Waals surface area contributed by atoms with E-state index in [0.717, 1.165) is 0 Å². The van der Waals surface area contributed by atoms with Crippen LogP contribution in [-0.2, 0) is 21.2 Å². The van der Waals surface area contributed by atoms with Crippen LogP contribution in [0.25, 0.3) is 11.2 Å². The van der Waals surface area contributed by atoms with Gasteiger partial charge in [0, 0.05) is 11.8 Å². The molecule has 0 bridgehead atoms. The third kappa shape index (κ3) is 3.74. The van der Waals surface area contributed by atoms with E-state index in [2.05, 4.69) is 15.3 Å². The van der Waals surface area contributed by atoms with Gasteiger partial charge in [0.15, 0.2) is 32.5 Å². The Kier molecular flexibility index (Phi) is 4.65. The number of hydrogen-bond donors (Lipinski definition) is 1. The van der Waals surface area contributed by atoms with Gasteiger partial charge in [0.25, 0.3) is 5.56 Å². The lowest BCUT2D eigenvalue weighted by Gasteiger charge is -2.19. The number of carbonyl (C=O) groups is 1. The van der Waals surface area contributed by atoms with Crippen molar-refractivity contribution in [3.05, 3.63) is 41.2 Å². The minimum Gasteiger partial charge on any atom is -0.486 e. The number of ether oxygens (including phenoxy) is 2. The molecule has 1 N–H and O–H groups in total. The van der Waals surface area contributed by atoms with Gasteiger partial charge < -0.3 is 19.4 Å². The standard InChI is InChI=1S/C19H19N5O6S/c25-16(22-12-1-2-14-15(7-12)30-5-4-29-14)8-23-10-21-18-17(19(23)26)20-11-24(18)13-3-6-31(27,28)9-13/h1-2,7,10-11,13H,3-6,8-9H2,(H,22,25). The SMILES string of the molecule is O=C(Cn1cnc2c(ncn2C2CCS(=O)(=O)C2)c1=O)Nc1ccc2c(c1)OCCO2. The third-order valence-corrected chi connectivity index (χ3v) is 7.04. The smallest absolute Gasteiger partial charge is 0.281 e. The van der Waals surface area contributed by atoms with Crippen LogP contribution in [0.4, 0.5) is 5.69 Å². The summed E-state index contributed by atoms with van der Waals surface area (Å²) in [6, 6.07) is 4.76. The number of sulfone groups is 1. The normalized spacial score (nSPS) is 19.4. The number of rotatable bonds is 4. The van der Waals surface area contributed by atoms with Gasteiger partial charge in [-0.15, -0.1) is 0 Å². The van der Waals surface area contributed by atoms with Gasteiger partial charge in [0.1, 0.15) is 26.1 Å². The highest BCUT2D eigenvalue weighted by Crippen LogP contribution is 2.32. The number of anilines is 1. The molecule has 1 saturated heterocycles. The molecule has 0 radical (unpaired) electrons. The molecule has 1 atom stereocenters. The number of benzene rings is 1. The molecule has 0 spiro atoms. The van der Waals surface area contributed by atoms with E-state index >= 15 is 0 Å². The largest absolute Gasteiger partial charge is 0.486 e. The Labute approximate surface area is 176 Å². The summed E-state index contributed by atoms with van der Waals surface area (Å²) in [5, 5.41) is 2.72.